The molecule has 0 radical (unpaired) electrons. The summed E-state index contributed by atoms with van der Waals surface area (Å²) in [5.74, 6) is 0.650. The van der Waals surface area contributed by atoms with Crippen molar-refractivity contribution < 1.29 is 0 Å². The molecule has 1 aromatic heterocycles. The number of rotatable bonds is 7. The normalized spacial score (nSPS) is 14.9. The Morgan fingerprint density at radius 3 is 2.65 bits per heavy atom. The molecule has 98 valence electrons. The third kappa shape index (κ3) is 4.55. The molecular formula is C13H21BrClNS. The Kier molecular flexibility index (Phi) is 7.08. The molecule has 1 N–H and O–H groups in total. The van der Waals surface area contributed by atoms with E-state index in [0.717, 1.165) is 15.4 Å². The maximum absolute atomic E-state index is 6.12. The highest BCUT2D eigenvalue weighted by atomic mass is 79.9. The second-order valence-electron chi connectivity index (χ2n) is 4.43. The minimum atomic E-state index is 0.431. The first kappa shape index (κ1) is 15.5. The van der Waals surface area contributed by atoms with Crippen LogP contribution in [-0.2, 0) is 0 Å². The second-order valence-corrected chi connectivity index (χ2v) is 7.23. The molecule has 2 unspecified atom stereocenters. The second kappa shape index (κ2) is 7.78. The number of unbranched alkanes of at least 4 members (excludes halogenated alkanes) is 1. The lowest BCUT2D eigenvalue weighted by Crippen LogP contribution is -2.26. The third-order valence-electron chi connectivity index (χ3n) is 2.98. The van der Waals surface area contributed by atoms with E-state index in [1.807, 2.05) is 0 Å². The van der Waals surface area contributed by atoms with Gasteiger partial charge < -0.3 is 5.32 Å². The summed E-state index contributed by atoms with van der Waals surface area (Å²) in [5.41, 5.74) is 0. The average Bonchev–Trinajstić information content (AvgIpc) is 2.63. The molecule has 0 spiro atoms. The zero-order valence-electron chi connectivity index (χ0n) is 10.7. The summed E-state index contributed by atoms with van der Waals surface area (Å²) < 4.78 is 1.04. The predicted octanol–water partition coefficient (Wildman–Crippen LogP) is 5.64. The quantitative estimate of drug-likeness (QED) is 0.678. The SMILES string of the molecule is CCCCC(C)C(NCC)c1cc(Cl)c(Br)s1. The van der Waals surface area contributed by atoms with Gasteiger partial charge in [-0.1, -0.05) is 45.2 Å². The van der Waals surface area contributed by atoms with Crippen molar-refractivity contribution in [3.05, 3.63) is 19.8 Å². The van der Waals surface area contributed by atoms with Crippen molar-refractivity contribution >= 4 is 38.9 Å². The van der Waals surface area contributed by atoms with Crippen LogP contribution in [0.15, 0.2) is 9.85 Å². The molecule has 0 aliphatic carbocycles. The molecule has 1 rings (SSSR count). The fourth-order valence-corrected chi connectivity index (χ4v) is 3.97. The van der Waals surface area contributed by atoms with E-state index in [4.69, 9.17) is 11.6 Å². The maximum Gasteiger partial charge on any atom is 0.0887 e. The fraction of sp³-hybridized carbons (Fsp3) is 0.692. The molecule has 0 saturated carbocycles. The zero-order chi connectivity index (χ0) is 12.8. The van der Waals surface area contributed by atoms with E-state index < -0.39 is 0 Å². The van der Waals surface area contributed by atoms with E-state index in [2.05, 4.69) is 48.1 Å². The van der Waals surface area contributed by atoms with Crippen LogP contribution in [0.3, 0.4) is 0 Å². The van der Waals surface area contributed by atoms with Crippen molar-refractivity contribution in [2.75, 3.05) is 6.54 Å². The lowest BCUT2D eigenvalue weighted by atomic mass is 9.94. The van der Waals surface area contributed by atoms with Gasteiger partial charge in [-0.15, -0.1) is 11.3 Å². The molecule has 17 heavy (non-hydrogen) atoms. The Morgan fingerprint density at radius 1 is 1.47 bits per heavy atom. The molecule has 4 heteroatoms. The van der Waals surface area contributed by atoms with E-state index in [9.17, 15) is 0 Å². The highest BCUT2D eigenvalue weighted by Gasteiger charge is 2.20. The molecule has 0 saturated heterocycles. The number of nitrogens with one attached hydrogen (secondary N) is 1. The smallest absolute Gasteiger partial charge is 0.0887 e. The molecule has 0 amide bonds. The first-order valence-corrected chi connectivity index (χ1v) is 8.27. The van der Waals surface area contributed by atoms with Gasteiger partial charge in [0, 0.05) is 10.9 Å². The van der Waals surface area contributed by atoms with Crippen LogP contribution in [0, 0.1) is 5.92 Å². The molecule has 0 bridgehead atoms. The molecule has 0 fully saturated rings. The number of hydrogen-bond acceptors (Lipinski definition) is 2. The summed E-state index contributed by atoms with van der Waals surface area (Å²) in [7, 11) is 0. The molecule has 2 atom stereocenters. The van der Waals surface area contributed by atoms with Crippen LogP contribution in [-0.4, -0.2) is 6.54 Å². The molecule has 0 aliphatic heterocycles. The first-order chi connectivity index (χ1) is 8.10. The van der Waals surface area contributed by atoms with Gasteiger partial charge in [-0.05, 0) is 40.9 Å². The number of hydrogen-bond donors (Lipinski definition) is 1. The van der Waals surface area contributed by atoms with Crippen LogP contribution in [0.25, 0.3) is 0 Å². The molecule has 0 aliphatic rings. The Hall–Kier alpha value is 0.430. The number of halogens is 2. The van der Waals surface area contributed by atoms with Gasteiger partial charge in [0.05, 0.1) is 8.81 Å². The van der Waals surface area contributed by atoms with Crippen molar-refractivity contribution in [2.45, 2.75) is 46.1 Å². The largest absolute Gasteiger partial charge is 0.309 e. The van der Waals surface area contributed by atoms with Gasteiger partial charge in [0.2, 0.25) is 0 Å². The molecule has 0 aromatic carbocycles. The lowest BCUT2D eigenvalue weighted by Gasteiger charge is -2.23. The van der Waals surface area contributed by atoms with Gasteiger partial charge in [-0.3, -0.25) is 0 Å². The van der Waals surface area contributed by atoms with Gasteiger partial charge in [0.1, 0.15) is 0 Å². The van der Waals surface area contributed by atoms with Crippen molar-refractivity contribution in [2.24, 2.45) is 5.92 Å². The summed E-state index contributed by atoms with van der Waals surface area (Å²) >= 11 is 11.4. The monoisotopic (exact) mass is 337 g/mol. The minimum absolute atomic E-state index is 0.431. The van der Waals surface area contributed by atoms with E-state index in [1.165, 1.54) is 24.1 Å². The summed E-state index contributed by atoms with van der Waals surface area (Å²) in [6.45, 7) is 7.72. The van der Waals surface area contributed by atoms with Gasteiger partial charge in [-0.25, -0.2) is 0 Å². The van der Waals surface area contributed by atoms with Gasteiger partial charge in [-0.2, -0.15) is 0 Å². The highest BCUT2D eigenvalue weighted by Crippen LogP contribution is 2.38. The lowest BCUT2D eigenvalue weighted by molar-refractivity contribution is 0.367. The molecular weight excluding hydrogens is 318 g/mol. The Bertz CT molecular complexity index is 321. The van der Waals surface area contributed by atoms with Crippen LogP contribution in [0.2, 0.25) is 5.02 Å². The van der Waals surface area contributed by atoms with Gasteiger partial charge in [0.15, 0.2) is 0 Å². The Labute approximate surface area is 122 Å². The van der Waals surface area contributed by atoms with Crippen LogP contribution in [0.5, 0.6) is 0 Å². The average molecular weight is 339 g/mol. The molecule has 1 heterocycles. The number of thiophene rings is 1. The highest BCUT2D eigenvalue weighted by molar-refractivity contribution is 9.11. The summed E-state index contributed by atoms with van der Waals surface area (Å²) in [6.07, 6.45) is 3.82. The first-order valence-electron chi connectivity index (χ1n) is 6.28. The van der Waals surface area contributed by atoms with E-state index in [0.29, 0.717) is 12.0 Å². The van der Waals surface area contributed by atoms with E-state index in [-0.39, 0.29) is 0 Å². The Morgan fingerprint density at radius 2 is 2.18 bits per heavy atom. The topological polar surface area (TPSA) is 12.0 Å². The Balaban J connectivity index is 2.77. The van der Waals surface area contributed by atoms with Crippen LogP contribution >= 0.6 is 38.9 Å². The van der Waals surface area contributed by atoms with Crippen LogP contribution in [0.1, 0.15) is 51.0 Å². The van der Waals surface area contributed by atoms with Crippen LogP contribution < -0.4 is 5.32 Å². The summed E-state index contributed by atoms with van der Waals surface area (Å²) in [6, 6.07) is 2.52. The standard InChI is InChI=1S/C13H21BrClNS/c1-4-6-7-9(3)12(16-5-2)11-8-10(15)13(14)17-11/h8-9,12,16H,4-7H2,1-3H3. The van der Waals surface area contributed by atoms with E-state index in [1.54, 1.807) is 11.3 Å². The zero-order valence-corrected chi connectivity index (χ0v) is 13.9. The van der Waals surface area contributed by atoms with Gasteiger partial charge in [0.25, 0.3) is 0 Å². The van der Waals surface area contributed by atoms with Gasteiger partial charge >= 0.3 is 0 Å². The summed E-state index contributed by atoms with van der Waals surface area (Å²) in [4.78, 5) is 1.34. The summed E-state index contributed by atoms with van der Waals surface area (Å²) in [5, 5.41) is 4.41. The minimum Gasteiger partial charge on any atom is -0.309 e. The maximum atomic E-state index is 6.12. The van der Waals surface area contributed by atoms with E-state index >= 15 is 0 Å². The molecule has 1 nitrogen and oxygen atoms in total. The van der Waals surface area contributed by atoms with Crippen LogP contribution in [0.4, 0.5) is 0 Å². The van der Waals surface area contributed by atoms with Crippen molar-refractivity contribution in [3.63, 3.8) is 0 Å². The van der Waals surface area contributed by atoms with Crippen molar-refractivity contribution in [1.82, 2.24) is 5.32 Å². The molecule has 1 aromatic rings. The fourth-order valence-electron chi connectivity index (χ4n) is 2.01. The van der Waals surface area contributed by atoms with Crippen molar-refractivity contribution in [3.8, 4) is 0 Å². The predicted molar refractivity (Wildman–Crippen MR) is 82.1 cm³/mol. The third-order valence-corrected chi connectivity index (χ3v) is 5.53. The van der Waals surface area contributed by atoms with Crippen molar-refractivity contribution in [1.29, 1.82) is 0 Å².